The molecule has 2 heteroatoms. The summed E-state index contributed by atoms with van der Waals surface area (Å²) in [6.45, 7) is 2.16. The summed E-state index contributed by atoms with van der Waals surface area (Å²) >= 11 is 3.82. The molecule has 0 aliphatic carbocycles. The summed E-state index contributed by atoms with van der Waals surface area (Å²) in [5.41, 5.74) is 5.88. The molecule has 4 aromatic carbocycles. The second-order valence-corrected chi connectivity index (χ2v) is 9.87. The Morgan fingerprint density at radius 3 is 1.84 bits per heavy atom. The zero-order valence-electron chi connectivity index (χ0n) is 17.0. The summed E-state index contributed by atoms with van der Waals surface area (Å²) in [5, 5.41) is 2.75. The molecular weight excluding hydrogens is 412 g/mol. The molecule has 0 bridgehead atoms. The summed E-state index contributed by atoms with van der Waals surface area (Å²) in [7, 11) is 0. The Labute approximate surface area is 189 Å². The highest BCUT2D eigenvalue weighted by Crippen LogP contribution is 2.45. The fraction of sp³-hybridized carbons (Fsp3) is 0.0345. The smallest absolute Gasteiger partial charge is 0.0542 e. The number of thiophene rings is 2. The largest absolute Gasteiger partial charge is 0.134 e. The van der Waals surface area contributed by atoms with E-state index in [1.807, 2.05) is 53.0 Å². The Kier molecular flexibility index (Phi) is 4.39. The third-order valence-electron chi connectivity index (χ3n) is 5.58. The van der Waals surface area contributed by atoms with E-state index in [0.29, 0.717) is 0 Å². The molecular formula is C29H18S2. The fourth-order valence-electron chi connectivity index (χ4n) is 3.95. The topological polar surface area (TPSA) is 0 Å². The minimum Gasteiger partial charge on any atom is -0.134 e. The summed E-state index contributed by atoms with van der Waals surface area (Å²) < 4.78 is 5.57. The number of hydrogen-bond acceptors (Lipinski definition) is 2. The van der Waals surface area contributed by atoms with Crippen molar-refractivity contribution in [1.82, 2.24) is 0 Å². The molecule has 0 nitrogen and oxygen atoms in total. The first-order valence-corrected chi connectivity index (χ1v) is 11.9. The van der Waals surface area contributed by atoms with Crippen LogP contribution in [0.4, 0.5) is 0 Å². The number of rotatable bonds is 1. The molecule has 6 rings (SSSR count). The molecule has 0 fully saturated rings. The second kappa shape index (κ2) is 7.39. The molecule has 2 heterocycles. The van der Waals surface area contributed by atoms with E-state index < -0.39 is 0 Å². The third-order valence-corrected chi connectivity index (χ3v) is 8.08. The van der Waals surface area contributed by atoms with Crippen molar-refractivity contribution in [1.29, 1.82) is 0 Å². The average molecular weight is 431 g/mol. The van der Waals surface area contributed by atoms with E-state index in [1.165, 1.54) is 46.3 Å². The maximum atomic E-state index is 3.26. The number of aryl methyl sites for hydroxylation is 1. The summed E-state index contributed by atoms with van der Waals surface area (Å²) in [6.07, 6.45) is 0. The van der Waals surface area contributed by atoms with Gasteiger partial charge in [0.1, 0.15) is 0 Å². The highest BCUT2D eigenvalue weighted by molar-refractivity contribution is 7.36. The van der Waals surface area contributed by atoms with Gasteiger partial charge in [-0.2, -0.15) is 0 Å². The van der Waals surface area contributed by atoms with Crippen molar-refractivity contribution in [2.24, 2.45) is 0 Å². The van der Waals surface area contributed by atoms with Crippen LogP contribution < -0.4 is 0 Å². The van der Waals surface area contributed by atoms with Crippen molar-refractivity contribution >= 4 is 52.2 Å². The summed E-state index contributed by atoms with van der Waals surface area (Å²) in [4.78, 5) is 0. The van der Waals surface area contributed by atoms with Crippen LogP contribution in [0.1, 0.15) is 16.7 Å². The van der Waals surface area contributed by atoms with Crippen LogP contribution in [0.2, 0.25) is 0 Å². The van der Waals surface area contributed by atoms with Gasteiger partial charge in [-0.05, 0) is 60.0 Å². The molecule has 0 saturated carbocycles. The van der Waals surface area contributed by atoms with Crippen LogP contribution in [0.15, 0.2) is 91.0 Å². The third kappa shape index (κ3) is 3.33. The van der Waals surface area contributed by atoms with Crippen molar-refractivity contribution in [3.8, 4) is 23.0 Å². The van der Waals surface area contributed by atoms with E-state index in [9.17, 15) is 0 Å². The molecule has 0 unspecified atom stereocenters. The lowest BCUT2D eigenvalue weighted by Gasteiger charge is -2.02. The predicted molar refractivity (Wildman–Crippen MR) is 137 cm³/mol. The van der Waals surface area contributed by atoms with Gasteiger partial charge in [-0.15, -0.1) is 22.7 Å². The van der Waals surface area contributed by atoms with Gasteiger partial charge < -0.3 is 0 Å². The maximum Gasteiger partial charge on any atom is 0.0542 e. The van der Waals surface area contributed by atoms with Crippen LogP contribution in [-0.4, -0.2) is 0 Å². The lowest BCUT2D eigenvalue weighted by molar-refractivity contribution is 1.52. The predicted octanol–water partition coefficient (Wildman–Crippen LogP) is 8.64. The molecule has 0 saturated heterocycles. The maximum absolute atomic E-state index is 3.26. The molecule has 31 heavy (non-hydrogen) atoms. The van der Waals surface area contributed by atoms with Gasteiger partial charge in [-0.3, -0.25) is 0 Å². The molecule has 6 aromatic rings. The van der Waals surface area contributed by atoms with E-state index in [1.54, 1.807) is 0 Å². The standard InChI is InChI=1S/C29H18S2/c1-19-7-15-24-26(17-19)30-29-25-16-14-23(18-27(25)31-28(24)29)22-12-10-21(11-13-22)9-8-20-5-3-2-4-6-20/h2-7,10-18H,1H3. The van der Waals surface area contributed by atoms with Crippen LogP contribution in [0.5, 0.6) is 0 Å². The molecule has 0 radical (unpaired) electrons. The first kappa shape index (κ1) is 18.4. The van der Waals surface area contributed by atoms with Gasteiger partial charge in [0.15, 0.2) is 0 Å². The van der Waals surface area contributed by atoms with Crippen LogP contribution in [0.3, 0.4) is 0 Å². The Bertz CT molecular complexity index is 1620. The SMILES string of the molecule is Cc1ccc2c(c1)sc1c3ccc(-c4ccc(C#Cc5ccccc5)cc4)cc3sc21. The summed E-state index contributed by atoms with van der Waals surface area (Å²) in [6, 6.07) is 32.3. The Hall–Kier alpha value is -3.38. The second-order valence-electron chi connectivity index (χ2n) is 7.77. The quantitative estimate of drug-likeness (QED) is 0.229. The molecule has 0 aliphatic heterocycles. The van der Waals surface area contributed by atoms with Crippen molar-refractivity contribution in [3.63, 3.8) is 0 Å². The first-order chi connectivity index (χ1) is 15.2. The highest BCUT2D eigenvalue weighted by atomic mass is 32.1. The zero-order chi connectivity index (χ0) is 20.8. The summed E-state index contributed by atoms with van der Waals surface area (Å²) in [5.74, 6) is 6.48. The molecule has 0 amide bonds. The normalized spacial score (nSPS) is 11.1. The van der Waals surface area contributed by atoms with Gasteiger partial charge in [-0.25, -0.2) is 0 Å². The van der Waals surface area contributed by atoms with E-state index in [0.717, 1.165) is 11.1 Å². The van der Waals surface area contributed by atoms with E-state index in [4.69, 9.17) is 0 Å². The van der Waals surface area contributed by atoms with Crippen LogP contribution in [0, 0.1) is 18.8 Å². The lowest BCUT2D eigenvalue weighted by Crippen LogP contribution is -1.79. The Morgan fingerprint density at radius 2 is 1.13 bits per heavy atom. The molecule has 0 spiro atoms. The Balaban J connectivity index is 1.36. The Morgan fingerprint density at radius 1 is 0.548 bits per heavy atom. The van der Waals surface area contributed by atoms with Gasteiger partial charge in [0, 0.05) is 31.3 Å². The average Bonchev–Trinajstić information content (AvgIpc) is 3.33. The van der Waals surface area contributed by atoms with Gasteiger partial charge >= 0.3 is 0 Å². The molecule has 0 aliphatic rings. The highest BCUT2D eigenvalue weighted by Gasteiger charge is 2.12. The molecule has 146 valence electrons. The van der Waals surface area contributed by atoms with Crippen molar-refractivity contribution in [2.75, 3.05) is 0 Å². The molecule has 0 atom stereocenters. The number of hydrogen-bond donors (Lipinski definition) is 0. The molecule has 2 aromatic heterocycles. The van der Waals surface area contributed by atoms with Crippen molar-refractivity contribution in [2.45, 2.75) is 6.92 Å². The van der Waals surface area contributed by atoms with E-state index in [2.05, 4.69) is 79.4 Å². The van der Waals surface area contributed by atoms with Crippen LogP contribution in [0.25, 0.3) is 40.7 Å². The van der Waals surface area contributed by atoms with E-state index in [-0.39, 0.29) is 0 Å². The minimum atomic E-state index is 1.03. The van der Waals surface area contributed by atoms with Gasteiger partial charge in [0.25, 0.3) is 0 Å². The first-order valence-electron chi connectivity index (χ1n) is 10.3. The van der Waals surface area contributed by atoms with Crippen LogP contribution >= 0.6 is 22.7 Å². The number of fused-ring (bicyclic) bond motifs is 5. The lowest BCUT2D eigenvalue weighted by atomic mass is 10.0. The monoisotopic (exact) mass is 430 g/mol. The van der Waals surface area contributed by atoms with E-state index >= 15 is 0 Å². The molecule has 0 N–H and O–H groups in total. The number of benzene rings is 4. The fourth-order valence-corrected chi connectivity index (χ4v) is 6.75. The zero-order valence-corrected chi connectivity index (χ0v) is 18.6. The van der Waals surface area contributed by atoms with Crippen molar-refractivity contribution < 1.29 is 0 Å². The van der Waals surface area contributed by atoms with Gasteiger partial charge in [0.05, 0.1) is 9.40 Å². The van der Waals surface area contributed by atoms with Crippen LogP contribution in [-0.2, 0) is 0 Å². The van der Waals surface area contributed by atoms with Gasteiger partial charge in [-0.1, -0.05) is 66.4 Å². The minimum absolute atomic E-state index is 1.03. The van der Waals surface area contributed by atoms with Crippen molar-refractivity contribution in [3.05, 3.63) is 108 Å². The van der Waals surface area contributed by atoms with Gasteiger partial charge in [0.2, 0.25) is 0 Å².